The van der Waals surface area contributed by atoms with Gasteiger partial charge < -0.3 is 14.5 Å². The highest BCUT2D eigenvalue weighted by Gasteiger charge is 2.23. The molecule has 1 fully saturated rings. The van der Waals surface area contributed by atoms with Crippen LogP contribution in [-0.2, 0) is 4.79 Å². The van der Waals surface area contributed by atoms with E-state index in [2.05, 4.69) is 71.4 Å². The number of hydrogen-bond donors (Lipinski definition) is 0. The summed E-state index contributed by atoms with van der Waals surface area (Å²) in [7, 11) is 0. The van der Waals surface area contributed by atoms with Gasteiger partial charge in [-0.3, -0.25) is 4.79 Å². The fraction of sp³-hybridized carbons (Fsp3) is 0.300. The van der Waals surface area contributed by atoms with E-state index in [0.29, 0.717) is 19.0 Å². The molecule has 0 aliphatic carbocycles. The molecule has 0 spiro atoms. The molecule has 2 heterocycles. The molecule has 0 radical (unpaired) electrons. The van der Waals surface area contributed by atoms with Gasteiger partial charge in [-0.05, 0) is 52.9 Å². The van der Waals surface area contributed by atoms with Crippen LogP contribution < -0.4 is 9.64 Å². The monoisotopic (exact) mass is 480 g/mol. The molecule has 1 saturated heterocycles. The quantitative estimate of drug-likeness (QED) is 0.367. The van der Waals surface area contributed by atoms with Crippen LogP contribution in [0.15, 0.2) is 72.8 Å². The number of nitrogens with zero attached hydrogens (tertiary/aromatic N) is 4. The van der Waals surface area contributed by atoms with Crippen molar-refractivity contribution in [2.75, 3.05) is 37.7 Å². The van der Waals surface area contributed by atoms with Crippen LogP contribution in [0.5, 0.6) is 5.75 Å². The van der Waals surface area contributed by atoms with Crippen molar-refractivity contribution < 1.29 is 9.53 Å². The number of rotatable bonds is 6. The molecule has 1 aliphatic rings. The van der Waals surface area contributed by atoms with Gasteiger partial charge in [-0.15, -0.1) is 10.2 Å². The van der Waals surface area contributed by atoms with Crippen molar-refractivity contribution in [2.24, 2.45) is 0 Å². The zero-order valence-electron chi connectivity index (χ0n) is 21.1. The number of aromatic nitrogens is 2. The van der Waals surface area contributed by atoms with E-state index in [1.54, 1.807) is 0 Å². The number of carbonyl (C=O) groups excluding carboxylic acids is 1. The molecule has 184 valence electrons. The van der Waals surface area contributed by atoms with Gasteiger partial charge in [0.1, 0.15) is 5.75 Å². The van der Waals surface area contributed by atoms with E-state index in [9.17, 15) is 4.79 Å². The number of hydrogen-bond acceptors (Lipinski definition) is 5. The van der Waals surface area contributed by atoms with Crippen molar-refractivity contribution in [3.8, 4) is 17.0 Å². The number of benzene rings is 3. The number of anilines is 1. The summed E-state index contributed by atoms with van der Waals surface area (Å²) in [4.78, 5) is 16.9. The number of amides is 1. The van der Waals surface area contributed by atoms with Crippen molar-refractivity contribution >= 4 is 22.5 Å². The van der Waals surface area contributed by atoms with Gasteiger partial charge in [0.2, 0.25) is 0 Å². The molecule has 6 nitrogen and oxygen atoms in total. The molecule has 36 heavy (non-hydrogen) atoms. The Morgan fingerprint density at radius 2 is 1.69 bits per heavy atom. The van der Waals surface area contributed by atoms with Crippen LogP contribution in [0.25, 0.3) is 22.0 Å². The number of ether oxygens (including phenoxy) is 1. The first-order valence-electron chi connectivity index (χ1n) is 12.6. The normalized spacial score (nSPS) is 13.9. The lowest BCUT2D eigenvalue weighted by molar-refractivity contribution is -0.133. The first-order chi connectivity index (χ1) is 17.5. The summed E-state index contributed by atoms with van der Waals surface area (Å²) < 4.78 is 5.96. The number of fused-ring (bicyclic) bond motifs is 1. The van der Waals surface area contributed by atoms with Crippen molar-refractivity contribution in [2.45, 2.75) is 26.7 Å². The highest BCUT2D eigenvalue weighted by molar-refractivity contribution is 5.95. The lowest BCUT2D eigenvalue weighted by Crippen LogP contribution is -2.50. The Balaban J connectivity index is 1.19. The van der Waals surface area contributed by atoms with Gasteiger partial charge in [-0.25, -0.2) is 0 Å². The summed E-state index contributed by atoms with van der Waals surface area (Å²) in [6, 6.07) is 24.8. The third-order valence-electron chi connectivity index (χ3n) is 6.81. The first kappa shape index (κ1) is 23.8. The molecule has 0 N–H and O–H groups in total. The Labute approximate surface area is 212 Å². The van der Waals surface area contributed by atoms with E-state index in [0.717, 1.165) is 47.0 Å². The maximum atomic E-state index is 12.8. The summed E-state index contributed by atoms with van der Waals surface area (Å²) in [5, 5.41) is 11.4. The van der Waals surface area contributed by atoms with Gasteiger partial charge in [0.15, 0.2) is 12.4 Å². The van der Waals surface area contributed by atoms with Gasteiger partial charge >= 0.3 is 0 Å². The Hall–Kier alpha value is -3.93. The van der Waals surface area contributed by atoms with Crippen LogP contribution in [0.2, 0.25) is 0 Å². The summed E-state index contributed by atoms with van der Waals surface area (Å²) in [6.07, 6.45) is 0. The Morgan fingerprint density at radius 3 is 2.44 bits per heavy atom. The molecule has 0 saturated carbocycles. The standard InChI is InChI=1S/C30H32N4O2/c1-21(2)24-12-11-22(3)19-28(24)36-20-30(35)34-17-15-33(16-18-34)29-14-13-27(31-32-29)26-10-6-8-23-7-4-5-9-25(23)26/h4-14,19,21H,15-18,20H2,1-3H3. The summed E-state index contributed by atoms with van der Waals surface area (Å²) >= 11 is 0. The molecule has 3 aromatic carbocycles. The van der Waals surface area contributed by atoms with Crippen molar-refractivity contribution in [1.29, 1.82) is 0 Å². The smallest absolute Gasteiger partial charge is 0.260 e. The minimum absolute atomic E-state index is 0.0169. The summed E-state index contributed by atoms with van der Waals surface area (Å²) in [5.74, 6) is 2.00. The first-order valence-corrected chi connectivity index (χ1v) is 12.6. The molecular formula is C30H32N4O2. The van der Waals surface area contributed by atoms with E-state index in [1.807, 2.05) is 42.2 Å². The Kier molecular flexibility index (Phi) is 6.85. The molecule has 0 unspecified atom stereocenters. The van der Waals surface area contributed by atoms with Gasteiger partial charge in [-0.1, -0.05) is 68.4 Å². The highest BCUT2D eigenvalue weighted by Crippen LogP contribution is 2.29. The number of aryl methyl sites for hydroxylation is 1. The molecule has 1 aromatic heterocycles. The molecule has 6 heteroatoms. The van der Waals surface area contributed by atoms with E-state index >= 15 is 0 Å². The molecule has 0 bridgehead atoms. The van der Waals surface area contributed by atoms with Gasteiger partial charge in [0, 0.05) is 31.7 Å². The van der Waals surface area contributed by atoms with Crippen LogP contribution in [0.3, 0.4) is 0 Å². The Morgan fingerprint density at radius 1 is 0.917 bits per heavy atom. The van der Waals surface area contributed by atoms with Gasteiger partial charge in [0.05, 0.1) is 5.69 Å². The maximum absolute atomic E-state index is 12.8. The SMILES string of the molecule is Cc1ccc(C(C)C)c(OCC(=O)N2CCN(c3ccc(-c4cccc5ccccc45)nn3)CC2)c1. The van der Waals surface area contributed by atoms with E-state index < -0.39 is 0 Å². The molecule has 1 aliphatic heterocycles. The van der Waals surface area contributed by atoms with E-state index in [1.165, 1.54) is 10.8 Å². The topological polar surface area (TPSA) is 58.6 Å². The lowest BCUT2D eigenvalue weighted by atomic mass is 10.0. The largest absolute Gasteiger partial charge is 0.483 e. The van der Waals surface area contributed by atoms with Crippen LogP contribution in [0, 0.1) is 6.92 Å². The predicted octanol–water partition coefficient (Wildman–Crippen LogP) is 5.46. The molecule has 5 rings (SSSR count). The zero-order chi connectivity index (χ0) is 25.1. The van der Waals surface area contributed by atoms with Crippen LogP contribution in [0.4, 0.5) is 5.82 Å². The van der Waals surface area contributed by atoms with Gasteiger partial charge in [-0.2, -0.15) is 0 Å². The van der Waals surface area contributed by atoms with E-state index in [4.69, 9.17) is 4.74 Å². The third kappa shape index (κ3) is 5.03. The fourth-order valence-electron chi connectivity index (χ4n) is 4.75. The van der Waals surface area contributed by atoms with Crippen LogP contribution in [-0.4, -0.2) is 53.8 Å². The molecule has 0 atom stereocenters. The molecule has 1 amide bonds. The maximum Gasteiger partial charge on any atom is 0.260 e. The average molecular weight is 481 g/mol. The second-order valence-electron chi connectivity index (χ2n) is 9.66. The van der Waals surface area contributed by atoms with E-state index in [-0.39, 0.29) is 12.5 Å². The number of carbonyl (C=O) groups is 1. The van der Waals surface area contributed by atoms with Crippen LogP contribution >= 0.6 is 0 Å². The third-order valence-corrected chi connectivity index (χ3v) is 6.81. The molecule has 4 aromatic rings. The second kappa shape index (κ2) is 10.4. The summed E-state index contributed by atoms with van der Waals surface area (Å²) in [5.41, 5.74) is 4.20. The lowest BCUT2D eigenvalue weighted by Gasteiger charge is -2.35. The van der Waals surface area contributed by atoms with Crippen molar-refractivity contribution in [1.82, 2.24) is 15.1 Å². The molecular weight excluding hydrogens is 448 g/mol. The fourth-order valence-corrected chi connectivity index (χ4v) is 4.75. The van der Waals surface area contributed by atoms with Crippen molar-refractivity contribution in [3.63, 3.8) is 0 Å². The Bertz CT molecular complexity index is 1350. The highest BCUT2D eigenvalue weighted by atomic mass is 16.5. The average Bonchev–Trinajstić information content (AvgIpc) is 2.91. The van der Waals surface area contributed by atoms with Crippen LogP contribution in [0.1, 0.15) is 30.9 Å². The predicted molar refractivity (Wildman–Crippen MR) is 145 cm³/mol. The van der Waals surface area contributed by atoms with Gasteiger partial charge in [0.25, 0.3) is 5.91 Å². The minimum atomic E-state index is 0.0169. The van der Waals surface area contributed by atoms with Crippen molar-refractivity contribution in [3.05, 3.63) is 83.9 Å². The summed E-state index contributed by atoms with van der Waals surface area (Å²) in [6.45, 7) is 9.08. The zero-order valence-corrected chi connectivity index (χ0v) is 21.1. The minimum Gasteiger partial charge on any atom is -0.483 e. The number of piperazine rings is 1. The second-order valence-corrected chi connectivity index (χ2v) is 9.66.